The summed E-state index contributed by atoms with van der Waals surface area (Å²) in [5, 5.41) is 2.50. The number of rotatable bonds is 3. The van der Waals surface area contributed by atoms with Gasteiger partial charge in [0.1, 0.15) is 11.4 Å². The number of hydrogen-bond acceptors (Lipinski definition) is 3. The van der Waals surface area contributed by atoms with Crippen LogP contribution in [0, 0.1) is 23.5 Å². The summed E-state index contributed by atoms with van der Waals surface area (Å²) in [5.41, 5.74) is -1.29. The number of alkyl carbamates (subject to hydrolysis) is 1. The second-order valence-corrected chi connectivity index (χ2v) is 5.42. The van der Waals surface area contributed by atoms with Crippen LogP contribution in [0.5, 0.6) is 0 Å². The molecule has 0 bridgehead atoms. The molecule has 0 spiro atoms. The fourth-order valence-corrected chi connectivity index (χ4v) is 1.47. The van der Waals surface area contributed by atoms with Gasteiger partial charge in [-0.15, -0.1) is 0 Å². The van der Waals surface area contributed by atoms with Crippen LogP contribution in [0.25, 0.3) is 0 Å². The van der Waals surface area contributed by atoms with Crippen molar-refractivity contribution in [2.75, 3.05) is 6.54 Å². The van der Waals surface area contributed by atoms with Crippen LogP contribution in [-0.2, 0) is 4.74 Å². The number of nitrogens with one attached hydrogen (secondary N) is 1. The molecule has 0 atom stereocenters. The molecule has 4 nitrogen and oxygen atoms in total. The Morgan fingerprint density at radius 3 is 2.64 bits per heavy atom. The molecular weight excluding hydrogens is 292 g/mol. The van der Waals surface area contributed by atoms with Gasteiger partial charge in [-0.2, -0.15) is 0 Å². The van der Waals surface area contributed by atoms with Crippen LogP contribution in [0.4, 0.5) is 13.6 Å². The minimum atomic E-state index is -0.984. The van der Waals surface area contributed by atoms with Crippen LogP contribution in [0.1, 0.15) is 43.1 Å². The van der Waals surface area contributed by atoms with E-state index in [0.29, 0.717) is 0 Å². The Morgan fingerprint density at radius 1 is 1.36 bits per heavy atom. The Kier molecular flexibility index (Phi) is 6.05. The molecule has 1 amide bonds. The minimum Gasteiger partial charge on any atom is -0.444 e. The molecule has 22 heavy (non-hydrogen) atoms. The number of aldehydes is 1. The van der Waals surface area contributed by atoms with Gasteiger partial charge in [0.05, 0.1) is 11.1 Å². The van der Waals surface area contributed by atoms with Crippen molar-refractivity contribution in [2.24, 2.45) is 0 Å². The normalized spacial score (nSPS) is 10.4. The predicted octanol–water partition coefficient (Wildman–Crippen LogP) is 3.04. The highest BCUT2D eigenvalue weighted by Crippen LogP contribution is 2.14. The summed E-state index contributed by atoms with van der Waals surface area (Å²) in [6, 6.07) is 2.14. The van der Waals surface area contributed by atoms with Gasteiger partial charge in [-0.05, 0) is 32.9 Å². The van der Waals surface area contributed by atoms with Gasteiger partial charge in [-0.1, -0.05) is 11.8 Å². The lowest BCUT2D eigenvalue weighted by atomic mass is 10.1. The molecular formula is C16H17F2NO3. The zero-order valence-electron chi connectivity index (χ0n) is 12.6. The van der Waals surface area contributed by atoms with Crippen molar-refractivity contribution in [3.8, 4) is 11.8 Å². The number of amides is 1. The van der Waals surface area contributed by atoms with Gasteiger partial charge in [0.25, 0.3) is 0 Å². The monoisotopic (exact) mass is 309 g/mol. The molecule has 0 saturated carbocycles. The molecule has 0 aliphatic rings. The van der Waals surface area contributed by atoms with Crippen LogP contribution < -0.4 is 5.32 Å². The Hall–Kier alpha value is -2.42. The maximum Gasteiger partial charge on any atom is 0.407 e. The van der Waals surface area contributed by atoms with E-state index >= 15 is 0 Å². The second kappa shape index (κ2) is 7.55. The molecule has 1 aromatic rings. The number of carbonyl (C=O) groups excluding carboxylic acids is 2. The lowest BCUT2D eigenvalue weighted by Crippen LogP contribution is -2.32. The summed E-state index contributed by atoms with van der Waals surface area (Å²) in [5.74, 6) is 3.22. The fourth-order valence-electron chi connectivity index (χ4n) is 1.47. The van der Waals surface area contributed by atoms with E-state index in [0.717, 1.165) is 12.1 Å². The van der Waals surface area contributed by atoms with Gasteiger partial charge < -0.3 is 10.1 Å². The van der Waals surface area contributed by atoms with Crippen LogP contribution in [0.15, 0.2) is 12.1 Å². The average molecular weight is 309 g/mol. The molecule has 0 heterocycles. The molecule has 0 aliphatic heterocycles. The summed E-state index contributed by atoms with van der Waals surface area (Å²) in [4.78, 5) is 21.9. The lowest BCUT2D eigenvalue weighted by molar-refractivity contribution is 0.0529. The topological polar surface area (TPSA) is 55.4 Å². The molecule has 118 valence electrons. The third-order valence-corrected chi connectivity index (χ3v) is 2.39. The predicted molar refractivity (Wildman–Crippen MR) is 77.5 cm³/mol. The van der Waals surface area contributed by atoms with Crippen LogP contribution in [-0.4, -0.2) is 24.5 Å². The summed E-state index contributed by atoms with van der Waals surface area (Å²) in [6.07, 6.45) is -0.197. The van der Waals surface area contributed by atoms with E-state index < -0.39 is 28.9 Å². The van der Waals surface area contributed by atoms with Crippen LogP contribution >= 0.6 is 0 Å². The Balaban J connectivity index is 2.56. The molecule has 0 radical (unpaired) electrons. The van der Waals surface area contributed by atoms with E-state index in [2.05, 4.69) is 17.2 Å². The number of carbonyl (C=O) groups is 2. The molecule has 1 aromatic carbocycles. The number of ether oxygens (including phenoxy) is 1. The Morgan fingerprint density at radius 2 is 2.05 bits per heavy atom. The standard InChI is InChI=1S/C16H17F2NO3/c1-16(2,3)22-15(21)19-9-5-4-6-11-7-8-13(17)12(10-20)14(11)18/h7-8,10H,5,9H2,1-3H3,(H,19,21). The molecule has 0 aliphatic carbocycles. The summed E-state index contributed by atoms with van der Waals surface area (Å²) in [6.45, 7) is 5.46. The number of benzene rings is 1. The maximum absolute atomic E-state index is 13.7. The summed E-state index contributed by atoms with van der Waals surface area (Å²) < 4.78 is 31.8. The van der Waals surface area contributed by atoms with Gasteiger partial charge in [0, 0.05) is 13.0 Å². The second-order valence-electron chi connectivity index (χ2n) is 5.42. The van der Waals surface area contributed by atoms with Crippen molar-refractivity contribution in [3.05, 3.63) is 34.9 Å². The van der Waals surface area contributed by atoms with E-state index in [1.165, 1.54) is 0 Å². The molecule has 1 N–H and O–H groups in total. The van der Waals surface area contributed by atoms with Gasteiger partial charge in [-0.25, -0.2) is 13.6 Å². The summed E-state index contributed by atoms with van der Waals surface area (Å²) >= 11 is 0. The zero-order valence-corrected chi connectivity index (χ0v) is 12.6. The van der Waals surface area contributed by atoms with Crippen molar-refractivity contribution in [1.29, 1.82) is 0 Å². The van der Waals surface area contributed by atoms with E-state index in [1.807, 2.05) is 0 Å². The van der Waals surface area contributed by atoms with Crippen LogP contribution in [0.3, 0.4) is 0 Å². The van der Waals surface area contributed by atoms with E-state index in [-0.39, 0.29) is 24.8 Å². The largest absolute Gasteiger partial charge is 0.444 e. The van der Waals surface area contributed by atoms with E-state index in [1.54, 1.807) is 20.8 Å². The highest BCUT2D eigenvalue weighted by Gasteiger charge is 2.15. The van der Waals surface area contributed by atoms with Crippen molar-refractivity contribution >= 4 is 12.4 Å². The van der Waals surface area contributed by atoms with Gasteiger partial charge in [-0.3, -0.25) is 4.79 Å². The van der Waals surface area contributed by atoms with Crippen molar-refractivity contribution in [2.45, 2.75) is 32.8 Å². The molecule has 0 saturated heterocycles. The maximum atomic E-state index is 13.7. The molecule has 6 heteroatoms. The SMILES string of the molecule is CC(C)(C)OC(=O)NCCC#Cc1ccc(F)c(C=O)c1F. The first-order valence-corrected chi connectivity index (χ1v) is 6.63. The van der Waals surface area contributed by atoms with E-state index in [9.17, 15) is 18.4 Å². The lowest BCUT2D eigenvalue weighted by Gasteiger charge is -2.19. The highest BCUT2D eigenvalue weighted by atomic mass is 19.1. The molecule has 1 rings (SSSR count). The van der Waals surface area contributed by atoms with Crippen LogP contribution in [0.2, 0.25) is 0 Å². The van der Waals surface area contributed by atoms with Gasteiger partial charge in [0.15, 0.2) is 12.1 Å². The van der Waals surface area contributed by atoms with Crippen molar-refractivity contribution in [3.63, 3.8) is 0 Å². The smallest absolute Gasteiger partial charge is 0.407 e. The fraction of sp³-hybridized carbons (Fsp3) is 0.375. The van der Waals surface area contributed by atoms with Crippen molar-refractivity contribution < 1.29 is 23.1 Å². The number of halogens is 2. The van der Waals surface area contributed by atoms with E-state index in [4.69, 9.17) is 4.74 Å². The number of hydrogen-bond donors (Lipinski definition) is 1. The summed E-state index contributed by atoms with van der Waals surface area (Å²) in [7, 11) is 0. The molecule has 0 fully saturated rings. The Bertz CT molecular complexity index is 625. The molecule has 0 aromatic heterocycles. The quantitative estimate of drug-likeness (QED) is 0.530. The highest BCUT2D eigenvalue weighted by molar-refractivity contribution is 5.76. The first-order chi connectivity index (χ1) is 10.2. The van der Waals surface area contributed by atoms with Crippen molar-refractivity contribution in [1.82, 2.24) is 5.32 Å². The molecule has 0 unspecified atom stereocenters. The third kappa shape index (κ3) is 5.52. The minimum absolute atomic E-state index is 0.0687. The van der Waals surface area contributed by atoms with Gasteiger partial charge >= 0.3 is 6.09 Å². The zero-order chi connectivity index (χ0) is 16.8. The van der Waals surface area contributed by atoms with Gasteiger partial charge in [0.2, 0.25) is 0 Å². The Labute approximate surface area is 127 Å². The average Bonchev–Trinajstić information content (AvgIpc) is 2.39. The first kappa shape index (κ1) is 17.6. The first-order valence-electron chi connectivity index (χ1n) is 6.63. The third-order valence-electron chi connectivity index (χ3n) is 2.39.